The summed E-state index contributed by atoms with van der Waals surface area (Å²) in [4.78, 5) is 22.1. The van der Waals surface area contributed by atoms with Crippen molar-refractivity contribution >= 4 is 11.9 Å². The van der Waals surface area contributed by atoms with Crippen molar-refractivity contribution < 1.29 is 19.1 Å². The third-order valence-corrected chi connectivity index (χ3v) is 2.19. The number of nitrogens with zero attached hydrogens (tertiary/aromatic N) is 1. The van der Waals surface area contributed by atoms with Crippen LogP contribution in [0.4, 0.5) is 0 Å². The molecule has 1 heterocycles. The molecule has 1 aromatic rings. The van der Waals surface area contributed by atoms with Gasteiger partial charge in [0.25, 0.3) is 0 Å². The molecule has 0 amide bonds. The average Bonchev–Trinajstić information content (AvgIpc) is 2.85. The molecule has 0 saturated heterocycles. The zero-order chi connectivity index (χ0) is 14.3. The van der Waals surface area contributed by atoms with Gasteiger partial charge in [-0.25, -0.2) is 9.59 Å². The highest BCUT2D eigenvalue weighted by molar-refractivity contribution is 5.87. The van der Waals surface area contributed by atoms with Crippen LogP contribution >= 0.6 is 0 Å². The molecule has 1 rings (SSSR count). The predicted molar refractivity (Wildman–Crippen MR) is 69.7 cm³/mol. The summed E-state index contributed by atoms with van der Waals surface area (Å²) in [6, 6.07) is 3.32. The van der Waals surface area contributed by atoms with Crippen LogP contribution in [0.3, 0.4) is 0 Å². The summed E-state index contributed by atoms with van der Waals surface area (Å²) in [5.74, 6) is 1.33. The predicted octanol–water partition coefficient (Wildman–Crippen LogP) is 1.47. The number of rotatable bonds is 6. The summed E-state index contributed by atoms with van der Waals surface area (Å²) >= 11 is 0. The Balaban J connectivity index is 2.85. The molecule has 0 radical (unpaired) electrons. The molecule has 0 fully saturated rings. The van der Waals surface area contributed by atoms with Gasteiger partial charge >= 0.3 is 5.97 Å². The molecule has 0 aromatic carbocycles. The standard InChI is InChI=1S/C13H16N2O4/c1-4-19-11(9-16)8-10(2)14-15-7-5-6-12(15)13(17)18-3/h5-8,14H,4H2,1-3H3/b10-8+. The molecular formula is C13H16N2O4. The Kier molecular flexibility index (Phi) is 5.44. The van der Waals surface area contributed by atoms with E-state index >= 15 is 0 Å². The largest absolute Gasteiger partial charge is 0.484 e. The van der Waals surface area contributed by atoms with E-state index in [1.165, 1.54) is 17.9 Å². The summed E-state index contributed by atoms with van der Waals surface area (Å²) < 4.78 is 11.2. The van der Waals surface area contributed by atoms with Crippen LogP contribution in [0.2, 0.25) is 0 Å². The van der Waals surface area contributed by atoms with Crippen molar-refractivity contribution in [2.75, 3.05) is 19.1 Å². The number of hydrogen-bond donors (Lipinski definition) is 1. The van der Waals surface area contributed by atoms with Crippen molar-refractivity contribution in [3.05, 3.63) is 41.6 Å². The van der Waals surface area contributed by atoms with E-state index in [0.29, 0.717) is 18.0 Å². The first-order valence-electron chi connectivity index (χ1n) is 5.71. The van der Waals surface area contributed by atoms with Crippen LogP contribution in [0.15, 0.2) is 35.9 Å². The van der Waals surface area contributed by atoms with E-state index < -0.39 is 5.97 Å². The molecule has 0 atom stereocenters. The lowest BCUT2D eigenvalue weighted by atomic mass is 10.4. The second-order valence-electron chi connectivity index (χ2n) is 3.59. The first-order chi connectivity index (χ1) is 9.12. The monoisotopic (exact) mass is 264 g/mol. The number of hydrogen-bond acceptors (Lipinski definition) is 5. The molecular weight excluding hydrogens is 248 g/mol. The molecule has 0 bridgehead atoms. The molecule has 0 spiro atoms. The molecule has 1 N–H and O–H groups in total. The molecule has 0 aliphatic carbocycles. The van der Waals surface area contributed by atoms with Crippen molar-refractivity contribution in [1.29, 1.82) is 0 Å². The number of nitrogens with one attached hydrogen (secondary N) is 1. The van der Waals surface area contributed by atoms with Crippen molar-refractivity contribution in [3.63, 3.8) is 0 Å². The van der Waals surface area contributed by atoms with E-state index in [-0.39, 0.29) is 5.76 Å². The first-order valence-corrected chi connectivity index (χ1v) is 5.71. The lowest BCUT2D eigenvalue weighted by molar-refractivity contribution is 0.0590. The number of ether oxygens (including phenoxy) is 2. The number of allylic oxidation sites excluding steroid dienone is 2. The first kappa shape index (κ1) is 14.6. The summed E-state index contributed by atoms with van der Waals surface area (Å²) in [6.07, 6.45) is 3.16. The minimum absolute atomic E-state index is 0.0966. The second-order valence-corrected chi connectivity index (χ2v) is 3.59. The third-order valence-electron chi connectivity index (χ3n) is 2.19. The molecule has 1 aromatic heterocycles. The third kappa shape index (κ3) is 4.04. The highest BCUT2D eigenvalue weighted by atomic mass is 16.5. The summed E-state index contributed by atoms with van der Waals surface area (Å²) in [5, 5.41) is 0. The number of aromatic nitrogens is 1. The van der Waals surface area contributed by atoms with Crippen LogP contribution in [0.1, 0.15) is 24.3 Å². The van der Waals surface area contributed by atoms with Gasteiger partial charge in [0.2, 0.25) is 5.76 Å². The maximum absolute atomic E-state index is 11.5. The molecule has 6 nitrogen and oxygen atoms in total. The summed E-state index contributed by atoms with van der Waals surface area (Å²) in [7, 11) is 1.31. The average molecular weight is 264 g/mol. The maximum atomic E-state index is 11.5. The Labute approximate surface area is 111 Å². The van der Waals surface area contributed by atoms with Crippen LogP contribution in [-0.4, -0.2) is 30.3 Å². The Bertz CT molecular complexity index is 525. The van der Waals surface area contributed by atoms with E-state index in [1.54, 1.807) is 38.1 Å². The number of methoxy groups -OCH3 is 1. The van der Waals surface area contributed by atoms with Crippen LogP contribution in [-0.2, 0) is 14.3 Å². The zero-order valence-electron chi connectivity index (χ0n) is 11.1. The fraction of sp³-hybridized carbons (Fsp3) is 0.308. The lowest BCUT2D eigenvalue weighted by Gasteiger charge is -2.11. The van der Waals surface area contributed by atoms with Gasteiger partial charge in [-0.3, -0.25) is 10.1 Å². The number of carbonyl (C=O) groups is 1. The van der Waals surface area contributed by atoms with E-state index in [9.17, 15) is 9.59 Å². The fourth-order valence-electron chi connectivity index (χ4n) is 1.42. The normalized spacial score (nSPS) is 10.6. The highest BCUT2D eigenvalue weighted by Crippen LogP contribution is 2.05. The number of esters is 1. The van der Waals surface area contributed by atoms with Crippen LogP contribution in [0.25, 0.3) is 0 Å². The van der Waals surface area contributed by atoms with E-state index in [0.717, 1.165) is 0 Å². The van der Waals surface area contributed by atoms with Gasteiger partial charge in [0, 0.05) is 18.0 Å². The zero-order valence-corrected chi connectivity index (χ0v) is 11.1. The van der Waals surface area contributed by atoms with Crippen LogP contribution in [0, 0.1) is 0 Å². The van der Waals surface area contributed by atoms with Gasteiger partial charge in [-0.2, -0.15) is 0 Å². The fourth-order valence-corrected chi connectivity index (χ4v) is 1.42. The summed E-state index contributed by atoms with van der Waals surface area (Å²) in [6.45, 7) is 3.89. The molecule has 0 unspecified atom stereocenters. The molecule has 0 aliphatic rings. The molecule has 6 heteroatoms. The smallest absolute Gasteiger partial charge is 0.356 e. The Morgan fingerprint density at radius 3 is 2.89 bits per heavy atom. The lowest BCUT2D eigenvalue weighted by Crippen LogP contribution is -2.18. The Morgan fingerprint density at radius 2 is 2.32 bits per heavy atom. The van der Waals surface area contributed by atoms with Gasteiger partial charge in [-0.1, -0.05) is 0 Å². The second kappa shape index (κ2) is 7.08. The van der Waals surface area contributed by atoms with Crippen molar-refractivity contribution in [2.45, 2.75) is 13.8 Å². The van der Waals surface area contributed by atoms with E-state index in [4.69, 9.17) is 4.74 Å². The highest BCUT2D eigenvalue weighted by Gasteiger charge is 2.10. The van der Waals surface area contributed by atoms with Gasteiger partial charge < -0.3 is 9.47 Å². The van der Waals surface area contributed by atoms with Gasteiger partial charge in [-0.15, -0.1) is 0 Å². The van der Waals surface area contributed by atoms with Crippen LogP contribution in [0.5, 0.6) is 0 Å². The van der Waals surface area contributed by atoms with Gasteiger partial charge in [0.05, 0.1) is 13.7 Å². The topological polar surface area (TPSA) is 69.6 Å². The van der Waals surface area contributed by atoms with Crippen molar-refractivity contribution in [3.8, 4) is 0 Å². The van der Waals surface area contributed by atoms with Gasteiger partial charge in [0.15, 0.2) is 5.94 Å². The van der Waals surface area contributed by atoms with Crippen LogP contribution < -0.4 is 5.43 Å². The van der Waals surface area contributed by atoms with E-state index in [2.05, 4.69) is 10.2 Å². The minimum atomic E-state index is -0.457. The van der Waals surface area contributed by atoms with Gasteiger partial charge in [0.1, 0.15) is 5.69 Å². The maximum Gasteiger partial charge on any atom is 0.356 e. The minimum Gasteiger partial charge on any atom is -0.484 e. The van der Waals surface area contributed by atoms with Crippen molar-refractivity contribution in [2.24, 2.45) is 0 Å². The summed E-state index contributed by atoms with van der Waals surface area (Å²) in [5.41, 5.74) is 3.90. The molecule has 0 saturated carbocycles. The molecule has 19 heavy (non-hydrogen) atoms. The Hall–Kier alpha value is -2.46. The molecule has 102 valence electrons. The van der Waals surface area contributed by atoms with Crippen molar-refractivity contribution in [1.82, 2.24) is 4.68 Å². The van der Waals surface area contributed by atoms with E-state index in [1.807, 2.05) is 0 Å². The molecule has 0 aliphatic heterocycles. The SMILES string of the molecule is CCOC(=C=O)/C=C(\C)Nn1cccc1C(=O)OC. The quantitative estimate of drug-likeness (QED) is 0.365. The Morgan fingerprint density at radius 1 is 1.58 bits per heavy atom. The number of carbonyl (C=O) groups excluding carboxylic acids is 2. The van der Waals surface area contributed by atoms with Gasteiger partial charge in [-0.05, 0) is 26.0 Å².